The van der Waals surface area contributed by atoms with Crippen LogP contribution < -0.4 is 4.74 Å². The van der Waals surface area contributed by atoms with Crippen molar-refractivity contribution in [1.29, 1.82) is 0 Å². The normalized spacial score (nSPS) is 18.6. The van der Waals surface area contributed by atoms with E-state index in [1.807, 2.05) is 7.05 Å². The maximum Gasteiger partial charge on any atom is 0.451 e. The molecule has 0 amide bonds. The number of halogens is 4. The van der Waals surface area contributed by atoms with Crippen LogP contribution in [-0.2, 0) is 6.18 Å². The summed E-state index contributed by atoms with van der Waals surface area (Å²) in [7, 11) is 1.99. The van der Waals surface area contributed by atoms with Crippen LogP contribution in [0.3, 0.4) is 0 Å². The zero-order chi connectivity index (χ0) is 14.0. The Hall–Kier alpha value is -1.08. The Morgan fingerprint density at radius 3 is 2.53 bits per heavy atom. The van der Waals surface area contributed by atoms with E-state index in [9.17, 15) is 13.2 Å². The summed E-state index contributed by atoms with van der Waals surface area (Å²) in [6.45, 7) is 1.69. The molecule has 1 aromatic rings. The van der Waals surface area contributed by atoms with Gasteiger partial charge in [0.1, 0.15) is 11.3 Å². The lowest BCUT2D eigenvalue weighted by atomic mass is 10.1. The molecule has 0 bridgehead atoms. The molecular formula is C11H13ClF3N3O. The van der Waals surface area contributed by atoms with E-state index in [2.05, 4.69) is 14.9 Å². The number of hydrogen-bond acceptors (Lipinski definition) is 4. The second kappa shape index (κ2) is 5.50. The first-order chi connectivity index (χ1) is 8.84. The maximum atomic E-state index is 12.5. The van der Waals surface area contributed by atoms with E-state index in [4.69, 9.17) is 16.3 Å². The van der Waals surface area contributed by atoms with E-state index >= 15 is 0 Å². The van der Waals surface area contributed by atoms with Crippen LogP contribution in [0.5, 0.6) is 5.88 Å². The van der Waals surface area contributed by atoms with Crippen molar-refractivity contribution in [2.24, 2.45) is 0 Å². The fraction of sp³-hybridized carbons (Fsp3) is 0.636. The predicted molar refractivity (Wildman–Crippen MR) is 63.2 cm³/mol. The number of nitrogens with zero attached hydrogens (tertiary/aromatic N) is 3. The van der Waals surface area contributed by atoms with E-state index < -0.39 is 12.0 Å². The highest BCUT2D eigenvalue weighted by Crippen LogP contribution is 2.29. The second-order valence-corrected chi connectivity index (χ2v) is 4.86. The Labute approximate surface area is 113 Å². The fourth-order valence-corrected chi connectivity index (χ4v) is 2.03. The van der Waals surface area contributed by atoms with Gasteiger partial charge in [-0.2, -0.15) is 18.2 Å². The van der Waals surface area contributed by atoms with Crippen LogP contribution >= 0.6 is 11.6 Å². The number of alkyl halides is 3. The number of aromatic nitrogens is 2. The average Bonchev–Trinajstić information content (AvgIpc) is 2.30. The summed E-state index contributed by atoms with van der Waals surface area (Å²) in [5.74, 6) is -1.40. The molecule has 1 fully saturated rings. The molecule has 0 aromatic carbocycles. The van der Waals surface area contributed by atoms with Crippen LogP contribution in [-0.4, -0.2) is 41.1 Å². The first kappa shape index (κ1) is 14.3. The molecule has 19 heavy (non-hydrogen) atoms. The Balaban J connectivity index is 2.10. The van der Waals surface area contributed by atoms with Gasteiger partial charge >= 0.3 is 6.18 Å². The summed E-state index contributed by atoms with van der Waals surface area (Å²) >= 11 is 5.56. The largest absolute Gasteiger partial charge is 0.474 e. The van der Waals surface area contributed by atoms with Gasteiger partial charge in [0.05, 0.1) is 0 Å². The van der Waals surface area contributed by atoms with Gasteiger partial charge in [-0.3, -0.25) is 0 Å². The van der Waals surface area contributed by atoms with Crippen molar-refractivity contribution in [2.45, 2.75) is 25.1 Å². The summed E-state index contributed by atoms with van der Waals surface area (Å²) < 4.78 is 43.1. The molecule has 0 N–H and O–H groups in total. The van der Waals surface area contributed by atoms with Crippen molar-refractivity contribution < 1.29 is 17.9 Å². The summed E-state index contributed by atoms with van der Waals surface area (Å²) in [6, 6.07) is 1.20. The molecule has 8 heteroatoms. The van der Waals surface area contributed by atoms with E-state index in [1.54, 1.807) is 0 Å². The lowest BCUT2D eigenvalue weighted by Crippen LogP contribution is -2.35. The van der Waals surface area contributed by atoms with E-state index in [0.717, 1.165) is 25.9 Å². The molecule has 2 rings (SSSR count). The predicted octanol–water partition coefficient (Wildman–Crippen LogP) is 2.62. The quantitative estimate of drug-likeness (QED) is 0.786. The Bertz CT molecular complexity index is 447. The first-order valence-electron chi connectivity index (χ1n) is 5.81. The third-order valence-electron chi connectivity index (χ3n) is 2.88. The minimum absolute atomic E-state index is 0.123. The standard InChI is InChI=1S/C11H13ClF3N3O/c1-18-4-2-7(3-5-18)19-9-6-8(12)16-10(17-9)11(13,14)15/h6-7H,2-5H2,1H3. The zero-order valence-electron chi connectivity index (χ0n) is 10.2. The first-order valence-corrected chi connectivity index (χ1v) is 6.19. The molecule has 106 valence electrons. The van der Waals surface area contributed by atoms with Gasteiger partial charge < -0.3 is 9.64 Å². The van der Waals surface area contributed by atoms with Crippen LogP contribution in [0, 0.1) is 0 Å². The van der Waals surface area contributed by atoms with Crippen molar-refractivity contribution >= 4 is 11.6 Å². The third kappa shape index (κ3) is 3.94. The van der Waals surface area contributed by atoms with Crippen molar-refractivity contribution in [2.75, 3.05) is 20.1 Å². The van der Waals surface area contributed by atoms with Gasteiger partial charge in [0, 0.05) is 19.2 Å². The molecule has 0 saturated carbocycles. The monoisotopic (exact) mass is 295 g/mol. The SMILES string of the molecule is CN1CCC(Oc2cc(Cl)nc(C(F)(F)F)n2)CC1. The maximum absolute atomic E-state index is 12.5. The van der Waals surface area contributed by atoms with Gasteiger partial charge in [0.2, 0.25) is 11.7 Å². The average molecular weight is 296 g/mol. The fourth-order valence-electron chi connectivity index (χ4n) is 1.86. The third-order valence-corrected chi connectivity index (χ3v) is 3.07. The molecule has 2 heterocycles. The topological polar surface area (TPSA) is 38.2 Å². The summed E-state index contributed by atoms with van der Waals surface area (Å²) in [5, 5.41) is -0.273. The number of ether oxygens (including phenoxy) is 1. The number of piperidine rings is 1. The van der Waals surface area contributed by atoms with Crippen molar-refractivity contribution in [3.8, 4) is 5.88 Å². The van der Waals surface area contributed by atoms with E-state index in [0.29, 0.717) is 0 Å². The molecule has 0 spiro atoms. The molecule has 1 aromatic heterocycles. The molecule has 1 aliphatic rings. The lowest BCUT2D eigenvalue weighted by Gasteiger charge is -2.29. The minimum Gasteiger partial charge on any atom is -0.474 e. The summed E-state index contributed by atoms with van der Waals surface area (Å²) in [5.41, 5.74) is 0. The summed E-state index contributed by atoms with van der Waals surface area (Å²) in [6.07, 6.45) is -3.27. The Morgan fingerprint density at radius 2 is 1.95 bits per heavy atom. The van der Waals surface area contributed by atoms with Crippen LogP contribution in [0.2, 0.25) is 5.15 Å². The molecule has 1 saturated heterocycles. The van der Waals surface area contributed by atoms with E-state index in [-0.39, 0.29) is 17.1 Å². The van der Waals surface area contributed by atoms with Crippen molar-refractivity contribution in [1.82, 2.24) is 14.9 Å². The number of rotatable bonds is 2. The van der Waals surface area contributed by atoms with Gasteiger partial charge in [0.25, 0.3) is 0 Å². The molecule has 0 radical (unpaired) electrons. The smallest absolute Gasteiger partial charge is 0.451 e. The molecule has 4 nitrogen and oxygen atoms in total. The van der Waals surface area contributed by atoms with Crippen LogP contribution in [0.4, 0.5) is 13.2 Å². The van der Waals surface area contributed by atoms with Crippen LogP contribution in [0.25, 0.3) is 0 Å². The van der Waals surface area contributed by atoms with Crippen molar-refractivity contribution in [3.05, 3.63) is 17.0 Å². The van der Waals surface area contributed by atoms with Gasteiger partial charge in [-0.15, -0.1) is 0 Å². The number of likely N-dealkylation sites (tertiary alicyclic amines) is 1. The van der Waals surface area contributed by atoms with Crippen molar-refractivity contribution in [3.63, 3.8) is 0 Å². The molecular weight excluding hydrogens is 283 g/mol. The highest BCUT2D eigenvalue weighted by Gasteiger charge is 2.35. The summed E-state index contributed by atoms with van der Waals surface area (Å²) in [4.78, 5) is 8.65. The Kier molecular flexibility index (Phi) is 4.15. The Morgan fingerprint density at radius 1 is 1.32 bits per heavy atom. The van der Waals surface area contributed by atoms with Crippen LogP contribution in [0.1, 0.15) is 18.7 Å². The molecule has 1 aliphatic heterocycles. The lowest BCUT2D eigenvalue weighted by molar-refractivity contribution is -0.145. The number of hydrogen-bond donors (Lipinski definition) is 0. The van der Waals surface area contributed by atoms with Gasteiger partial charge in [-0.05, 0) is 19.9 Å². The molecule has 0 aliphatic carbocycles. The molecule has 0 atom stereocenters. The van der Waals surface area contributed by atoms with E-state index in [1.165, 1.54) is 6.07 Å². The zero-order valence-corrected chi connectivity index (χ0v) is 11.0. The highest BCUT2D eigenvalue weighted by molar-refractivity contribution is 6.29. The van der Waals surface area contributed by atoms with Crippen LogP contribution in [0.15, 0.2) is 6.07 Å². The van der Waals surface area contributed by atoms with Gasteiger partial charge in [-0.25, -0.2) is 4.98 Å². The molecule has 0 unspecified atom stereocenters. The highest BCUT2D eigenvalue weighted by atomic mass is 35.5. The van der Waals surface area contributed by atoms with Gasteiger partial charge in [-0.1, -0.05) is 11.6 Å². The minimum atomic E-state index is -4.63. The second-order valence-electron chi connectivity index (χ2n) is 4.47. The van der Waals surface area contributed by atoms with Gasteiger partial charge in [0.15, 0.2) is 0 Å².